The first-order valence-electron chi connectivity index (χ1n) is 6.02. The van der Waals surface area contributed by atoms with Gasteiger partial charge in [-0.05, 0) is 56.7 Å². The van der Waals surface area contributed by atoms with Crippen LogP contribution in [0.4, 0.5) is 0 Å². The molecule has 2 N–H and O–H groups in total. The average Bonchev–Trinajstić information content (AvgIpc) is 3.06. The summed E-state index contributed by atoms with van der Waals surface area (Å²) in [6.07, 6.45) is 4.45. The van der Waals surface area contributed by atoms with Crippen molar-refractivity contribution in [2.45, 2.75) is 18.9 Å². The van der Waals surface area contributed by atoms with E-state index in [4.69, 9.17) is 5.73 Å². The van der Waals surface area contributed by atoms with Crippen LogP contribution < -0.4 is 5.73 Å². The lowest BCUT2D eigenvalue weighted by molar-refractivity contribution is 0.327. The van der Waals surface area contributed by atoms with Gasteiger partial charge in [0.2, 0.25) is 0 Å². The molecule has 6 heteroatoms. The number of guanidine groups is 1. The molecule has 18 heavy (non-hydrogen) atoms. The van der Waals surface area contributed by atoms with Gasteiger partial charge in [-0.15, -0.1) is 0 Å². The molecular weight excluding hydrogens is 360 g/mol. The number of aromatic nitrogens is 1. The quantitative estimate of drug-likeness (QED) is 0.886. The summed E-state index contributed by atoms with van der Waals surface area (Å²) < 4.78 is 1.98. The number of aliphatic imine (C=N–C) groups is 1. The maximum absolute atomic E-state index is 5.99. The number of hydrogen-bond donors (Lipinski definition) is 1. The smallest absolute Gasteiger partial charge is 0.191 e. The van der Waals surface area contributed by atoms with Gasteiger partial charge >= 0.3 is 0 Å². The molecule has 1 saturated carbocycles. The van der Waals surface area contributed by atoms with Crippen molar-refractivity contribution in [3.05, 3.63) is 26.9 Å². The van der Waals surface area contributed by atoms with Crippen LogP contribution in [0.15, 0.2) is 26.2 Å². The lowest BCUT2D eigenvalue weighted by atomic mass is 10.1. The highest BCUT2D eigenvalue weighted by atomic mass is 79.9. The first-order valence-corrected chi connectivity index (χ1v) is 7.61. The molecule has 2 aliphatic rings. The summed E-state index contributed by atoms with van der Waals surface area (Å²) in [6.45, 7) is 1.70. The fraction of sp³-hybridized carbons (Fsp3) is 0.500. The van der Waals surface area contributed by atoms with Gasteiger partial charge in [0.15, 0.2) is 5.96 Å². The molecule has 3 rings (SSSR count). The number of rotatable bonds is 3. The molecule has 1 unspecified atom stereocenters. The highest BCUT2D eigenvalue weighted by molar-refractivity contribution is 9.11. The fourth-order valence-corrected chi connectivity index (χ4v) is 3.48. The highest BCUT2D eigenvalue weighted by Crippen LogP contribution is 2.36. The Balaban J connectivity index is 1.85. The molecule has 1 aromatic rings. The average molecular weight is 374 g/mol. The Morgan fingerprint density at radius 2 is 2.17 bits per heavy atom. The van der Waals surface area contributed by atoms with Crippen molar-refractivity contribution >= 4 is 37.8 Å². The molecule has 1 aliphatic heterocycles. The highest BCUT2D eigenvalue weighted by Gasteiger charge is 2.34. The van der Waals surface area contributed by atoms with Crippen LogP contribution in [0.5, 0.6) is 0 Å². The molecule has 1 fully saturated rings. The van der Waals surface area contributed by atoms with Crippen molar-refractivity contribution in [3.63, 3.8) is 0 Å². The summed E-state index contributed by atoms with van der Waals surface area (Å²) in [6, 6.07) is 2.19. The van der Waals surface area contributed by atoms with Crippen molar-refractivity contribution in [2.24, 2.45) is 16.6 Å². The molecule has 1 atom stereocenters. The van der Waals surface area contributed by atoms with E-state index in [2.05, 4.69) is 46.7 Å². The van der Waals surface area contributed by atoms with Gasteiger partial charge in [-0.2, -0.15) is 0 Å². The maximum atomic E-state index is 5.99. The largest absolute Gasteiger partial charge is 0.370 e. The van der Waals surface area contributed by atoms with Crippen molar-refractivity contribution in [3.8, 4) is 0 Å². The Labute approximate surface area is 123 Å². The molecule has 4 nitrogen and oxygen atoms in total. The van der Waals surface area contributed by atoms with Gasteiger partial charge in [-0.3, -0.25) is 9.98 Å². The zero-order chi connectivity index (χ0) is 12.7. The van der Waals surface area contributed by atoms with Crippen molar-refractivity contribution in [2.75, 3.05) is 13.1 Å². The van der Waals surface area contributed by atoms with Crippen LogP contribution >= 0.6 is 31.9 Å². The molecule has 0 radical (unpaired) electrons. The minimum Gasteiger partial charge on any atom is -0.370 e. The van der Waals surface area contributed by atoms with Crippen LogP contribution in [0.3, 0.4) is 0 Å². The Hall–Kier alpha value is -0.620. The first kappa shape index (κ1) is 12.4. The molecule has 0 spiro atoms. The SMILES string of the molecule is NC1=NCC(c2ncc(Br)cc2Br)N1CC1CC1. The lowest BCUT2D eigenvalue weighted by Crippen LogP contribution is -2.38. The minimum atomic E-state index is 0.174. The molecule has 0 amide bonds. The zero-order valence-electron chi connectivity index (χ0n) is 9.81. The maximum Gasteiger partial charge on any atom is 0.191 e. The molecule has 1 aromatic heterocycles. The second-order valence-corrected chi connectivity index (χ2v) is 6.60. The van der Waals surface area contributed by atoms with Crippen molar-refractivity contribution in [1.82, 2.24) is 9.88 Å². The fourth-order valence-electron chi connectivity index (χ4n) is 2.23. The monoisotopic (exact) mass is 372 g/mol. The summed E-state index contributed by atoms with van der Waals surface area (Å²) >= 11 is 7.00. The van der Waals surface area contributed by atoms with Crippen LogP contribution in [-0.4, -0.2) is 28.9 Å². The van der Waals surface area contributed by atoms with Crippen LogP contribution in [0, 0.1) is 5.92 Å². The number of nitrogens with zero attached hydrogens (tertiary/aromatic N) is 3. The second kappa shape index (κ2) is 4.81. The van der Waals surface area contributed by atoms with E-state index in [1.165, 1.54) is 12.8 Å². The number of pyridine rings is 1. The molecule has 0 saturated heterocycles. The van der Waals surface area contributed by atoms with Crippen LogP contribution in [0.2, 0.25) is 0 Å². The van der Waals surface area contributed by atoms with E-state index in [9.17, 15) is 0 Å². The van der Waals surface area contributed by atoms with Crippen LogP contribution in [0.1, 0.15) is 24.6 Å². The first-order chi connectivity index (χ1) is 8.65. The molecule has 96 valence electrons. The van der Waals surface area contributed by atoms with Crippen molar-refractivity contribution < 1.29 is 0 Å². The van der Waals surface area contributed by atoms with Gasteiger partial charge < -0.3 is 10.6 Å². The molecule has 1 aliphatic carbocycles. The summed E-state index contributed by atoms with van der Waals surface area (Å²) in [5.74, 6) is 1.44. The van der Waals surface area contributed by atoms with Gasteiger partial charge in [0.1, 0.15) is 0 Å². The third kappa shape index (κ3) is 2.40. The molecule has 0 aromatic carbocycles. The summed E-state index contributed by atoms with van der Waals surface area (Å²) in [5.41, 5.74) is 7.00. The summed E-state index contributed by atoms with van der Waals surface area (Å²) in [5, 5.41) is 0. The Morgan fingerprint density at radius 3 is 2.83 bits per heavy atom. The predicted molar refractivity (Wildman–Crippen MR) is 78.3 cm³/mol. The van der Waals surface area contributed by atoms with E-state index in [-0.39, 0.29) is 6.04 Å². The molecular formula is C12H14Br2N4. The van der Waals surface area contributed by atoms with Gasteiger partial charge in [0.05, 0.1) is 18.3 Å². The minimum absolute atomic E-state index is 0.174. The van der Waals surface area contributed by atoms with E-state index in [0.717, 1.165) is 27.1 Å². The Kier molecular flexibility index (Phi) is 3.32. The van der Waals surface area contributed by atoms with Gasteiger partial charge in [-0.25, -0.2) is 0 Å². The third-order valence-electron chi connectivity index (χ3n) is 3.40. The van der Waals surface area contributed by atoms with E-state index >= 15 is 0 Å². The normalized spacial score (nSPS) is 23.3. The zero-order valence-corrected chi connectivity index (χ0v) is 13.0. The second-order valence-electron chi connectivity index (χ2n) is 4.83. The third-order valence-corrected chi connectivity index (χ3v) is 4.47. The predicted octanol–water partition coefficient (Wildman–Crippen LogP) is 2.69. The van der Waals surface area contributed by atoms with Gasteiger partial charge in [0, 0.05) is 21.7 Å². The Bertz CT molecular complexity index is 499. The van der Waals surface area contributed by atoms with Gasteiger partial charge in [-0.1, -0.05) is 0 Å². The number of halogens is 2. The number of hydrogen-bond acceptors (Lipinski definition) is 4. The standard InChI is InChI=1S/C12H14Br2N4/c13-8-3-9(14)11(16-4-8)10-5-17-12(15)18(10)6-7-1-2-7/h3-4,7,10H,1-2,5-6H2,(H2,15,17). The molecule has 2 heterocycles. The Morgan fingerprint density at radius 1 is 1.39 bits per heavy atom. The topological polar surface area (TPSA) is 54.5 Å². The summed E-state index contributed by atoms with van der Waals surface area (Å²) in [7, 11) is 0. The van der Waals surface area contributed by atoms with Crippen LogP contribution in [-0.2, 0) is 0 Å². The van der Waals surface area contributed by atoms with Crippen LogP contribution in [0.25, 0.3) is 0 Å². The van der Waals surface area contributed by atoms with Crippen molar-refractivity contribution in [1.29, 1.82) is 0 Å². The van der Waals surface area contributed by atoms with E-state index < -0.39 is 0 Å². The van der Waals surface area contributed by atoms with E-state index in [0.29, 0.717) is 12.5 Å². The van der Waals surface area contributed by atoms with E-state index in [1.54, 1.807) is 0 Å². The lowest BCUT2D eigenvalue weighted by Gasteiger charge is -2.26. The number of nitrogens with two attached hydrogens (primary N) is 1. The van der Waals surface area contributed by atoms with Gasteiger partial charge in [0.25, 0.3) is 0 Å². The summed E-state index contributed by atoms with van der Waals surface area (Å²) in [4.78, 5) is 11.1. The molecule has 0 bridgehead atoms. The van der Waals surface area contributed by atoms with E-state index in [1.807, 2.05) is 12.3 Å².